The summed E-state index contributed by atoms with van der Waals surface area (Å²) in [5, 5.41) is 12.9. The van der Waals surface area contributed by atoms with Crippen molar-refractivity contribution in [1.82, 2.24) is 0 Å². The van der Waals surface area contributed by atoms with Crippen molar-refractivity contribution in [2.24, 2.45) is 11.8 Å². The molecular weight excluding hydrogens is 488 g/mol. The van der Waals surface area contributed by atoms with Crippen LogP contribution in [0.2, 0.25) is 0 Å². The van der Waals surface area contributed by atoms with E-state index in [1.54, 1.807) is 29.2 Å². The molecule has 186 valence electrons. The van der Waals surface area contributed by atoms with E-state index in [1.807, 2.05) is 19.9 Å². The van der Waals surface area contributed by atoms with E-state index in [9.17, 15) is 19.5 Å². The third-order valence-electron chi connectivity index (χ3n) is 6.07. The highest BCUT2D eigenvalue weighted by atomic mass is 32.1. The molecule has 0 atom stereocenters. The Balaban J connectivity index is 1.62. The number of amides is 2. The van der Waals surface area contributed by atoms with Gasteiger partial charge in [-0.15, -0.1) is 11.3 Å². The topological polar surface area (TPSA) is 109 Å². The molecule has 8 nitrogen and oxygen atoms in total. The zero-order chi connectivity index (χ0) is 25.1. The Labute approximate surface area is 211 Å². The molecule has 4 rings (SSSR count). The molecule has 2 amide bonds. The number of thiophene rings is 2. The van der Waals surface area contributed by atoms with Crippen LogP contribution in [0, 0.1) is 11.8 Å². The Hall–Kier alpha value is -3.11. The van der Waals surface area contributed by atoms with E-state index in [2.05, 4.69) is 12.2 Å². The van der Waals surface area contributed by atoms with Crippen LogP contribution >= 0.6 is 22.7 Å². The summed E-state index contributed by atoms with van der Waals surface area (Å²) in [6.07, 6.45) is 3.69. The highest BCUT2D eigenvalue weighted by Crippen LogP contribution is 2.47. The first kappa shape index (κ1) is 25.0. The number of carbonyl (C=O) groups excluding carboxylic acids is 2. The van der Waals surface area contributed by atoms with Crippen molar-refractivity contribution in [2.45, 2.75) is 52.5 Å². The maximum atomic E-state index is 13.5. The SMILES string of the molecule is CC(C)N(c1cc(-c2ccc(NC(=O)c3ccco3)s2)sc1OC(=O)O)C(=O)[C@H]1CC[C@H](C)CC1. The van der Waals surface area contributed by atoms with Crippen LogP contribution in [0.1, 0.15) is 57.0 Å². The van der Waals surface area contributed by atoms with Gasteiger partial charge >= 0.3 is 6.16 Å². The van der Waals surface area contributed by atoms with Gasteiger partial charge in [-0.25, -0.2) is 4.79 Å². The highest BCUT2D eigenvalue weighted by Gasteiger charge is 2.33. The van der Waals surface area contributed by atoms with Crippen LogP contribution < -0.4 is 15.0 Å². The van der Waals surface area contributed by atoms with E-state index >= 15 is 0 Å². The monoisotopic (exact) mass is 516 g/mol. The predicted octanol–water partition coefficient (Wildman–Crippen LogP) is 6.95. The van der Waals surface area contributed by atoms with Gasteiger partial charge in [-0.2, -0.15) is 0 Å². The molecule has 0 bridgehead atoms. The molecule has 0 aliphatic heterocycles. The van der Waals surface area contributed by atoms with Gasteiger partial charge in [0.15, 0.2) is 5.76 Å². The van der Waals surface area contributed by atoms with Gasteiger partial charge in [0.25, 0.3) is 5.91 Å². The van der Waals surface area contributed by atoms with Crippen molar-refractivity contribution in [3.8, 4) is 14.8 Å². The van der Waals surface area contributed by atoms with Gasteiger partial charge in [0, 0.05) is 16.8 Å². The van der Waals surface area contributed by atoms with Crippen LogP contribution in [-0.4, -0.2) is 29.1 Å². The summed E-state index contributed by atoms with van der Waals surface area (Å²) >= 11 is 2.50. The summed E-state index contributed by atoms with van der Waals surface area (Å²) < 4.78 is 10.2. The van der Waals surface area contributed by atoms with E-state index in [0.717, 1.165) is 46.8 Å². The molecule has 0 radical (unpaired) electrons. The van der Waals surface area contributed by atoms with Crippen molar-refractivity contribution < 1.29 is 28.6 Å². The first-order chi connectivity index (χ1) is 16.7. The molecule has 3 heterocycles. The van der Waals surface area contributed by atoms with Crippen LogP contribution in [0.3, 0.4) is 0 Å². The lowest BCUT2D eigenvalue weighted by Gasteiger charge is -2.33. The summed E-state index contributed by atoms with van der Waals surface area (Å²) in [6, 6.07) is 8.46. The average molecular weight is 517 g/mol. The summed E-state index contributed by atoms with van der Waals surface area (Å²) in [7, 11) is 0. The van der Waals surface area contributed by atoms with Crippen molar-refractivity contribution in [1.29, 1.82) is 0 Å². The smallest absolute Gasteiger partial charge is 0.459 e. The molecule has 1 fully saturated rings. The minimum Gasteiger partial charge on any atom is -0.459 e. The summed E-state index contributed by atoms with van der Waals surface area (Å²) in [5.74, 6) is 0.387. The fraction of sp³-hybridized carbons (Fsp3) is 0.400. The minimum atomic E-state index is -1.43. The van der Waals surface area contributed by atoms with Gasteiger partial charge in [-0.1, -0.05) is 18.3 Å². The lowest BCUT2D eigenvalue weighted by molar-refractivity contribution is -0.123. The van der Waals surface area contributed by atoms with Crippen LogP contribution in [0.15, 0.2) is 41.0 Å². The van der Waals surface area contributed by atoms with Crippen molar-refractivity contribution in [2.75, 3.05) is 10.2 Å². The number of furan rings is 1. The number of nitrogens with zero attached hydrogens (tertiary/aromatic N) is 1. The zero-order valence-electron chi connectivity index (χ0n) is 19.8. The summed E-state index contributed by atoms with van der Waals surface area (Å²) in [4.78, 5) is 40.5. The van der Waals surface area contributed by atoms with Crippen LogP contribution in [-0.2, 0) is 4.79 Å². The first-order valence-corrected chi connectivity index (χ1v) is 13.2. The van der Waals surface area contributed by atoms with E-state index in [-0.39, 0.29) is 34.6 Å². The number of carbonyl (C=O) groups is 3. The van der Waals surface area contributed by atoms with Crippen molar-refractivity contribution >= 4 is 51.3 Å². The Morgan fingerprint density at radius 1 is 1.11 bits per heavy atom. The number of carboxylic acid groups (broad SMARTS) is 1. The van der Waals surface area contributed by atoms with Gasteiger partial charge in [0.2, 0.25) is 11.0 Å². The molecule has 3 aromatic rings. The molecule has 3 aromatic heterocycles. The van der Waals surface area contributed by atoms with E-state index in [0.29, 0.717) is 16.6 Å². The second-order valence-electron chi connectivity index (χ2n) is 9.01. The molecule has 0 spiro atoms. The summed E-state index contributed by atoms with van der Waals surface area (Å²) in [5.41, 5.74) is 0.459. The zero-order valence-corrected chi connectivity index (χ0v) is 21.4. The average Bonchev–Trinajstić information content (AvgIpc) is 3.55. The van der Waals surface area contributed by atoms with Gasteiger partial charge in [0.1, 0.15) is 0 Å². The molecule has 1 saturated carbocycles. The number of rotatable bonds is 7. The van der Waals surface area contributed by atoms with Gasteiger partial charge < -0.3 is 24.5 Å². The van der Waals surface area contributed by atoms with Gasteiger partial charge in [-0.05, 0) is 75.8 Å². The molecule has 1 aliphatic rings. The molecule has 10 heteroatoms. The molecule has 35 heavy (non-hydrogen) atoms. The second-order valence-corrected chi connectivity index (χ2v) is 11.1. The van der Waals surface area contributed by atoms with Gasteiger partial charge in [0.05, 0.1) is 21.8 Å². The van der Waals surface area contributed by atoms with E-state index in [1.165, 1.54) is 17.6 Å². The lowest BCUT2D eigenvalue weighted by atomic mass is 9.82. The first-order valence-electron chi connectivity index (χ1n) is 11.6. The highest BCUT2D eigenvalue weighted by molar-refractivity contribution is 7.25. The maximum Gasteiger partial charge on any atom is 0.512 e. The maximum absolute atomic E-state index is 13.5. The van der Waals surface area contributed by atoms with Crippen LogP contribution in [0.25, 0.3) is 9.75 Å². The molecule has 0 unspecified atom stereocenters. The Morgan fingerprint density at radius 2 is 1.86 bits per heavy atom. The number of ether oxygens (including phenoxy) is 1. The summed E-state index contributed by atoms with van der Waals surface area (Å²) in [6.45, 7) is 6.04. The Bertz CT molecular complexity index is 1190. The third-order valence-corrected chi connectivity index (χ3v) is 8.27. The molecule has 1 aliphatic carbocycles. The number of anilines is 2. The van der Waals surface area contributed by atoms with Gasteiger partial charge in [-0.3, -0.25) is 9.59 Å². The number of hydrogen-bond acceptors (Lipinski definition) is 7. The van der Waals surface area contributed by atoms with Crippen LogP contribution in [0.4, 0.5) is 15.5 Å². The number of hydrogen-bond donors (Lipinski definition) is 2. The minimum absolute atomic E-state index is 0.00377. The van der Waals surface area contributed by atoms with E-state index in [4.69, 9.17) is 9.15 Å². The lowest BCUT2D eigenvalue weighted by Crippen LogP contribution is -2.42. The Morgan fingerprint density at radius 3 is 2.49 bits per heavy atom. The standard InChI is InChI=1S/C25H28N2O6S2/c1-14(2)27(23(29)16-8-6-15(3)7-9-16)17-13-20(35-24(17)33-25(30)31)19-10-11-21(34-19)26-22(28)18-5-4-12-32-18/h4-5,10-16H,6-9H2,1-3H3,(H,26,28)(H,30,31)/t15-,16-. The fourth-order valence-electron chi connectivity index (χ4n) is 4.28. The fourth-order valence-corrected chi connectivity index (χ4v) is 6.26. The third kappa shape index (κ3) is 5.76. The van der Waals surface area contributed by atoms with E-state index < -0.39 is 6.16 Å². The second kappa shape index (κ2) is 10.7. The quantitative estimate of drug-likeness (QED) is 0.329. The largest absolute Gasteiger partial charge is 0.512 e. The molecular formula is C25H28N2O6S2. The molecule has 0 saturated heterocycles. The predicted molar refractivity (Wildman–Crippen MR) is 137 cm³/mol. The van der Waals surface area contributed by atoms with Crippen molar-refractivity contribution in [3.05, 3.63) is 42.4 Å². The molecule has 2 N–H and O–H groups in total. The Kier molecular flexibility index (Phi) is 7.61. The molecule has 0 aromatic carbocycles. The normalized spacial score (nSPS) is 17.8. The number of nitrogens with one attached hydrogen (secondary N) is 1. The van der Waals surface area contributed by atoms with Crippen molar-refractivity contribution in [3.63, 3.8) is 0 Å². The van der Waals surface area contributed by atoms with Crippen LogP contribution in [0.5, 0.6) is 5.06 Å².